The van der Waals surface area contributed by atoms with E-state index in [1.54, 1.807) is 7.11 Å². The van der Waals surface area contributed by atoms with Crippen LogP contribution in [-0.4, -0.2) is 40.0 Å². The topological polar surface area (TPSA) is 33.7 Å². The second-order valence-corrected chi connectivity index (χ2v) is 5.45. The molecule has 1 aromatic rings. The van der Waals surface area contributed by atoms with Crippen LogP contribution in [0.4, 0.5) is 5.69 Å². The Balaban J connectivity index is 2.03. The standard InChI is InChI=1S/C17H28N2O2/c1-3-21-17-13-15(14-18-9-12-20-2)7-8-16(17)19-10-5-4-6-11-19/h7-8,13,18H,3-6,9-12,14H2,1-2H3. The minimum absolute atomic E-state index is 0.710. The van der Waals surface area contributed by atoms with Gasteiger partial charge >= 0.3 is 0 Å². The fourth-order valence-corrected chi connectivity index (χ4v) is 2.74. The Hall–Kier alpha value is -1.26. The van der Waals surface area contributed by atoms with Gasteiger partial charge in [-0.2, -0.15) is 0 Å². The molecular weight excluding hydrogens is 264 g/mol. The van der Waals surface area contributed by atoms with Crippen LogP contribution in [-0.2, 0) is 11.3 Å². The average Bonchev–Trinajstić information content (AvgIpc) is 2.53. The van der Waals surface area contributed by atoms with E-state index in [0.717, 1.165) is 38.5 Å². The van der Waals surface area contributed by atoms with Gasteiger partial charge in [0.15, 0.2) is 0 Å². The molecule has 1 aliphatic rings. The molecule has 0 atom stereocenters. The van der Waals surface area contributed by atoms with Crippen LogP contribution in [0.15, 0.2) is 18.2 Å². The van der Waals surface area contributed by atoms with Crippen LogP contribution in [0.2, 0.25) is 0 Å². The molecule has 1 saturated heterocycles. The molecule has 0 aromatic heterocycles. The van der Waals surface area contributed by atoms with Crippen molar-refractivity contribution in [2.45, 2.75) is 32.7 Å². The first kappa shape index (κ1) is 16.1. The van der Waals surface area contributed by atoms with Gasteiger partial charge in [-0.1, -0.05) is 6.07 Å². The number of rotatable bonds is 8. The van der Waals surface area contributed by atoms with E-state index in [1.165, 1.54) is 30.5 Å². The van der Waals surface area contributed by atoms with E-state index in [4.69, 9.17) is 9.47 Å². The predicted octanol–water partition coefficient (Wildman–Crippen LogP) is 2.81. The summed E-state index contributed by atoms with van der Waals surface area (Å²) in [6, 6.07) is 6.59. The highest BCUT2D eigenvalue weighted by Crippen LogP contribution is 2.31. The van der Waals surface area contributed by atoms with Crippen LogP contribution in [0.25, 0.3) is 0 Å². The van der Waals surface area contributed by atoms with Crippen LogP contribution >= 0.6 is 0 Å². The van der Waals surface area contributed by atoms with Gasteiger partial charge in [-0.25, -0.2) is 0 Å². The molecule has 2 rings (SSSR count). The number of nitrogens with zero attached hydrogens (tertiary/aromatic N) is 1. The Morgan fingerprint density at radius 3 is 2.71 bits per heavy atom. The van der Waals surface area contributed by atoms with Crippen LogP contribution in [0.1, 0.15) is 31.7 Å². The SMILES string of the molecule is CCOc1cc(CNCCOC)ccc1N1CCCCC1. The third-order valence-corrected chi connectivity index (χ3v) is 3.83. The minimum atomic E-state index is 0.710. The lowest BCUT2D eigenvalue weighted by atomic mass is 10.1. The lowest BCUT2D eigenvalue weighted by molar-refractivity contribution is 0.199. The normalized spacial score (nSPS) is 15.2. The smallest absolute Gasteiger partial charge is 0.142 e. The quantitative estimate of drug-likeness (QED) is 0.747. The highest BCUT2D eigenvalue weighted by atomic mass is 16.5. The van der Waals surface area contributed by atoms with Crippen molar-refractivity contribution in [3.8, 4) is 5.75 Å². The molecule has 4 heteroatoms. The number of hydrogen-bond acceptors (Lipinski definition) is 4. The maximum absolute atomic E-state index is 5.86. The van der Waals surface area contributed by atoms with Crippen molar-refractivity contribution in [2.75, 3.05) is 44.9 Å². The van der Waals surface area contributed by atoms with Gasteiger partial charge in [-0.3, -0.25) is 0 Å². The molecule has 0 spiro atoms. The van der Waals surface area contributed by atoms with Crippen LogP contribution in [0.5, 0.6) is 5.75 Å². The first-order valence-corrected chi connectivity index (χ1v) is 8.05. The summed E-state index contributed by atoms with van der Waals surface area (Å²) < 4.78 is 10.9. The largest absolute Gasteiger partial charge is 0.492 e. The minimum Gasteiger partial charge on any atom is -0.492 e. The van der Waals surface area contributed by atoms with Gasteiger partial charge in [-0.05, 0) is 43.9 Å². The van der Waals surface area contributed by atoms with Crippen LogP contribution in [0, 0.1) is 0 Å². The van der Waals surface area contributed by atoms with E-state index in [2.05, 4.69) is 28.4 Å². The molecule has 0 amide bonds. The van der Waals surface area contributed by atoms with Gasteiger partial charge < -0.3 is 19.7 Å². The van der Waals surface area contributed by atoms with Gasteiger partial charge in [0.1, 0.15) is 5.75 Å². The summed E-state index contributed by atoms with van der Waals surface area (Å²) in [4.78, 5) is 2.45. The number of nitrogens with one attached hydrogen (secondary N) is 1. The molecule has 1 aromatic carbocycles. The molecule has 0 aliphatic carbocycles. The molecule has 0 saturated carbocycles. The van der Waals surface area contributed by atoms with Crippen molar-refractivity contribution in [1.29, 1.82) is 0 Å². The summed E-state index contributed by atoms with van der Waals surface area (Å²) in [7, 11) is 1.72. The second-order valence-electron chi connectivity index (χ2n) is 5.45. The zero-order valence-corrected chi connectivity index (χ0v) is 13.4. The van der Waals surface area contributed by atoms with Crippen molar-refractivity contribution >= 4 is 5.69 Å². The first-order chi connectivity index (χ1) is 10.3. The van der Waals surface area contributed by atoms with Crippen molar-refractivity contribution in [3.63, 3.8) is 0 Å². The Labute approximate surface area is 128 Å². The molecule has 0 unspecified atom stereocenters. The molecule has 0 bridgehead atoms. The molecule has 0 radical (unpaired) electrons. The summed E-state index contributed by atoms with van der Waals surface area (Å²) in [6.07, 6.45) is 3.92. The van der Waals surface area contributed by atoms with Crippen LogP contribution < -0.4 is 15.0 Å². The molecule has 1 fully saturated rings. The molecule has 21 heavy (non-hydrogen) atoms. The van der Waals surface area contributed by atoms with Gasteiger partial charge in [0.25, 0.3) is 0 Å². The Morgan fingerprint density at radius 2 is 2.00 bits per heavy atom. The summed E-state index contributed by atoms with van der Waals surface area (Å²) in [5.74, 6) is 1.02. The number of ether oxygens (including phenoxy) is 2. The molecular formula is C17H28N2O2. The van der Waals surface area contributed by atoms with Crippen molar-refractivity contribution in [1.82, 2.24) is 5.32 Å². The second kappa shape index (κ2) is 8.90. The zero-order chi connectivity index (χ0) is 14.9. The van der Waals surface area contributed by atoms with E-state index in [0.29, 0.717) is 6.61 Å². The van der Waals surface area contributed by atoms with Crippen LogP contribution in [0.3, 0.4) is 0 Å². The number of methoxy groups -OCH3 is 1. The molecule has 118 valence electrons. The Morgan fingerprint density at radius 1 is 1.19 bits per heavy atom. The highest BCUT2D eigenvalue weighted by molar-refractivity contribution is 5.60. The summed E-state index contributed by atoms with van der Waals surface area (Å²) >= 11 is 0. The third-order valence-electron chi connectivity index (χ3n) is 3.83. The maximum atomic E-state index is 5.86. The molecule has 1 N–H and O–H groups in total. The van der Waals surface area contributed by atoms with E-state index < -0.39 is 0 Å². The number of anilines is 1. The zero-order valence-electron chi connectivity index (χ0n) is 13.4. The number of benzene rings is 1. The maximum Gasteiger partial charge on any atom is 0.142 e. The average molecular weight is 292 g/mol. The molecule has 1 heterocycles. The third kappa shape index (κ3) is 4.90. The highest BCUT2D eigenvalue weighted by Gasteiger charge is 2.15. The van der Waals surface area contributed by atoms with Gasteiger partial charge in [0, 0.05) is 33.3 Å². The fourth-order valence-electron chi connectivity index (χ4n) is 2.74. The Bertz CT molecular complexity index is 417. The van der Waals surface area contributed by atoms with Gasteiger partial charge in [-0.15, -0.1) is 0 Å². The lowest BCUT2D eigenvalue weighted by Crippen LogP contribution is -2.29. The fraction of sp³-hybridized carbons (Fsp3) is 0.647. The molecule has 1 aliphatic heterocycles. The number of piperidine rings is 1. The van der Waals surface area contributed by atoms with Crippen molar-refractivity contribution in [2.24, 2.45) is 0 Å². The lowest BCUT2D eigenvalue weighted by Gasteiger charge is -2.30. The van der Waals surface area contributed by atoms with E-state index in [9.17, 15) is 0 Å². The number of hydrogen-bond donors (Lipinski definition) is 1. The first-order valence-electron chi connectivity index (χ1n) is 8.05. The summed E-state index contributed by atoms with van der Waals surface area (Å²) in [6.45, 7) is 7.50. The molecule has 4 nitrogen and oxygen atoms in total. The predicted molar refractivity (Wildman–Crippen MR) is 87.3 cm³/mol. The summed E-state index contributed by atoms with van der Waals surface area (Å²) in [5, 5.41) is 3.38. The van der Waals surface area contributed by atoms with E-state index in [1.807, 2.05) is 6.92 Å². The van der Waals surface area contributed by atoms with Gasteiger partial charge in [0.2, 0.25) is 0 Å². The van der Waals surface area contributed by atoms with E-state index in [-0.39, 0.29) is 0 Å². The van der Waals surface area contributed by atoms with Crippen molar-refractivity contribution in [3.05, 3.63) is 23.8 Å². The monoisotopic (exact) mass is 292 g/mol. The Kier molecular flexibility index (Phi) is 6.83. The van der Waals surface area contributed by atoms with Gasteiger partial charge in [0.05, 0.1) is 18.9 Å². The van der Waals surface area contributed by atoms with Crippen molar-refractivity contribution < 1.29 is 9.47 Å². The summed E-state index contributed by atoms with van der Waals surface area (Å²) in [5.41, 5.74) is 2.51. The van der Waals surface area contributed by atoms with E-state index >= 15 is 0 Å².